The number of aromatic nitrogens is 1. The van der Waals surface area contributed by atoms with E-state index in [0.717, 1.165) is 22.6 Å². The highest BCUT2D eigenvalue weighted by Crippen LogP contribution is 2.25. The molecule has 0 atom stereocenters. The summed E-state index contributed by atoms with van der Waals surface area (Å²) in [5.41, 5.74) is 1.94. The maximum atomic E-state index is 12.9. The molecule has 0 spiro atoms. The van der Waals surface area contributed by atoms with Gasteiger partial charge in [0.2, 0.25) is 5.91 Å². The summed E-state index contributed by atoms with van der Waals surface area (Å²) < 4.78 is 12.9. The van der Waals surface area contributed by atoms with Crippen LogP contribution < -0.4 is 5.32 Å². The molecular formula is C15H17FN2OS. The number of anilines is 1. The number of hydrogen-bond donors (Lipinski definition) is 1. The molecule has 2 aromatic rings. The first-order valence-electron chi connectivity index (χ1n) is 6.59. The summed E-state index contributed by atoms with van der Waals surface area (Å²) in [7, 11) is 0. The first-order valence-corrected chi connectivity index (χ1v) is 7.40. The molecule has 1 heterocycles. The molecule has 2 rings (SSSR count). The third kappa shape index (κ3) is 3.87. The zero-order chi connectivity index (χ0) is 14.5. The molecule has 3 nitrogen and oxygen atoms in total. The Morgan fingerprint density at radius 3 is 2.70 bits per heavy atom. The fourth-order valence-electron chi connectivity index (χ4n) is 1.84. The van der Waals surface area contributed by atoms with Gasteiger partial charge in [-0.05, 0) is 31.0 Å². The van der Waals surface area contributed by atoms with E-state index in [1.54, 1.807) is 12.1 Å². The third-order valence-electron chi connectivity index (χ3n) is 2.89. The summed E-state index contributed by atoms with van der Waals surface area (Å²) in [6, 6.07) is 6.44. The van der Waals surface area contributed by atoms with E-state index in [2.05, 4.69) is 10.3 Å². The number of nitrogens with zero attached hydrogens (tertiary/aromatic N) is 1. The van der Waals surface area contributed by atoms with Crippen molar-refractivity contribution in [2.24, 2.45) is 0 Å². The second kappa shape index (κ2) is 6.61. The van der Waals surface area contributed by atoms with E-state index in [-0.39, 0.29) is 11.7 Å². The fourth-order valence-corrected chi connectivity index (χ4v) is 2.86. The Labute approximate surface area is 121 Å². The molecule has 1 amide bonds. The minimum atomic E-state index is -0.234. The number of benzene rings is 1. The Kier molecular flexibility index (Phi) is 4.84. The first kappa shape index (κ1) is 14.7. The molecule has 0 saturated carbocycles. The molecule has 1 N–H and O–H groups in total. The second-order valence-corrected chi connectivity index (χ2v) is 5.71. The van der Waals surface area contributed by atoms with E-state index in [1.807, 2.05) is 13.8 Å². The van der Waals surface area contributed by atoms with Gasteiger partial charge in [0.15, 0.2) is 5.13 Å². The fraction of sp³-hybridized carbons (Fsp3) is 0.333. The van der Waals surface area contributed by atoms with E-state index in [4.69, 9.17) is 0 Å². The molecule has 20 heavy (non-hydrogen) atoms. The van der Waals surface area contributed by atoms with Crippen LogP contribution in [-0.4, -0.2) is 10.9 Å². The standard InChI is InChI=1S/C15H17FN2OS/c1-3-4-14(19)18-15-17-10(2)13(20-15)9-11-5-7-12(16)8-6-11/h5-8H,3-4,9H2,1-2H3,(H,17,18,19). The lowest BCUT2D eigenvalue weighted by Crippen LogP contribution is -2.10. The molecule has 0 aliphatic heterocycles. The molecule has 5 heteroatoms. The number of halogens is 1. The number of nitrogens with one attached hydrogen (secondary N) is 1. The van der Waals surface area contributed by atoms with Crippen LogP contribution in [0.5, 0.6) is 0 Å². The van der Waals surface area contributed by atoms with Crippen molar-refractivity contribution in [3.05, 3.63) is 46.2 Å². The number of carbonyl (C=O) groups is 1. The van der Waals surface area contributed by atoms with Crippen LogP contribution in [0, 0.1) is 12.7 Å². The maximum absolute atomic E-state index is 12.9. The van der Waals surface area contributed by atoms with E-state index in [9.17, 15) is 9.18 Å². The van der Waals surface area contributed by atoms with Gasteiger partial charge in [0.25, 0.3) is 0 Å². The van der Waals surface area contributed by atoms with Crippen molar-refractivity contribution in [1.29, 1.82) is 0 Å². The van der Waals surface area contributed by atoms with E-state index in [1.165, 1.54) is 23.5 Å². The Morgan fingerprint density at radius 2 is 2.05 bits per heavy atom. The smallest absolute Gasteiger partial charge is 0.226 e. The minimum absolute atomic E-state index is 0.00502. The summed E-state index contributed by atoms with van der Waals surface area (Å²) in [6.07, 6.45) is 2.03. The monoisotopic (exact) mass is 292 g/mol. The number of hydrogen-bond acceptors (Lipinski definition) is 3. The molecule has 1 aromatic carbocycles. The van der Waals surface area contributed by atoms with Gasteiger partial charge in [0, 0.05) is 17.7 Å². The van der Waals surface area contributed by atoms with Crippen LogP contribution in [-0.2, 0) is 11.2 Å². The number of thiazole rings is 1. The summed E-state index contributed by atoms with van der Waals surface area (Å²) in [5, 5.41) is 3.44. The van der Waals surface area contributed by atoms with Crippen molar-refractivity contribution in [2.75, 3.05) is 5.32 Å². The number of aryl methyl sites for hydroxylation is 1. The Bertz CT molecular complexity index is 592. The minimum Gasteiger partial charge on any atom is -0.302 e. The van der Waals surface area contributed by atoms with Gasteiger partial charge in [-0.15, -0.1) is 11.3 Å². The summed E-state index contributed by atoms with van der Waals surface area (Å²) in [5.74, 6) is -0.239. The van der Waals surface area contributed by atoms with Gasteiger partial charge in [-0.25, -0.2) is 9.37 Å². The van der Waals surface area contributed by atoms with Crippen LogP contribution in [0.15, 0.2) is 24.3 Å². The van der Waals surface area contributed by atoms with Gasteiger partial charge in [0.05, 0.1) is 5.69 Å². The average molecular weight is 292 g/mol. The van der Waals surface area contributed by atoms with Gasteiger partial charge in [-0.1, -0.05) is 19.1 Å². The van der Waals surface area contributed by atoms with Crippen molar-refractivity contribution in [3.63, 3.8) is 0 Å². The first-order chi connectivity index (χ1) is 9.58. The second-order valence-electron chi connectivity index (χ2n) is 4.63. The predicted molar refractivity (Wildman–Crippen MR) is 79.6 cm³/mol. The van der Waals surface area contributed by atoms with Crippen LogP contribution in [0.2, 0.25) is 0 Å². The Balaban J connectivity index is 2.07. The van der Waals surface area contributed by atoms with Crippen LogP contribution >= 0.6 is 11.3 Å². The Morgan fingerprint density at radius 1 is 1.35 bits per heavy atom. The molecule has 0 bridgehead atoms. The van der Waals surface area contributed by atoms with Crippen LogP contribution in [0.4, 0.5) is 9.52 Å². The predicted octanol–water partition coefficient (Wildman–Crippen LogP) is 3.92. The lowest BCUT2D eigenvalue weighted by molar-refractivity contribution is -0.116. The lowest BCUT2D eigenvalue weighted by atomic mass is 10.1. The van der Waals surface area contributed by atoms with Crippen LogP contribution in [0.1, 0.15) is 35.9 Å². The molecule has 0 aliphatic rings. The van der Waals surface area contributed by atoms with Crippen molar-refractivity contribution in [1.82, 2.24) is 4.98 Å². The summed E-state index contributed by atoms with van der Waals surface area (Å²) in [6.45, 7) is 3.89. The lowest BCUT2D eigenvalue weighted by Gasteiger charge is -1.99. The molecular weight excluding hydrogens is 275 g/mol. The van der Waals surface area contributed by atoms with Gasteiger partial charge >= 0.3 is 0 Å². The van der Waals surface area contributed by atoms with Crippen LogP contribution in [0.3, 0.4) is 0 Å². The Hall–Kier alpha value is -1.75. The number of amides is 1. The van der Waals surface area contributed by atoms with E-state index < -0.39 is 0 Å². The van der Waals surface area contributed by atoms with Crippen LogP contribution in [0.25, 0.3) is 0 Å². The molecule has 0 radical (unpaired) electrons. The molecule has 106 valence electrons. The SMILES string of the molecule is CCCC(=O)Nc1nc(C)c(Cc2ccc(F)cc2)s1. The third-order valence-corrected chi connectivity index (χ3v) is 3.97. The van der Waals surface area contributed by atoms with Crippen molar-refractivity contribution >= 4 is 22.4 Å². The van der Waals surface area contributed by atoms with E-state index in [0.29, 0.717) is 18.0 Å². The zero-order valence-corrected chi connectivity index (χ0v) is 12.4. The highest BCUT2D eigenvalue weighted by Gasteiger charge is 2.10. The molecule has 0 saturated heterocycles. The van der Waals surface area contributed by atoms with Gasteiger partial charge in [0.1, 0.15) is 5.82 Å². The molecule has 1 aromatic heterocycles. The summed E-state index contributed by atoms with van der Waals surface area (Å²) >= 11 is 1.48. The molecule has 0 aliphatic carbocycles. The highest BCUT2D eigenvalue weighted by atomic mass is 32.1. The number of carbonyl (C=O) groups excluding carboxylic acids is 1. The van der Waals surface area contributed by atoms with Gasteiger partial charge < -0.3 is 5.32 Å². The van der Waals surface area contributed by atoms with E-state index >= 15 is 0 Å². The highest BCUT2D eigenvalue weighted by molar-refractivity contribution is 7.15. The quantitative estimate of drug-likeness (QED) is 0.907. The van der Waals surface area contributed by atoms with Crippen molar-refractivity contribution in [2.45, 2.75) is 33.1 Å². The average Bonchev–Trinajstić information content (AvgIpc) is 2.72. The maximum Gasteiger partial charge on any atom is 0.226 e. The number of rotatable bonds is 5. The van der Waals surface area contributed by atoms with Crippen molar-refractivity contribution in [3.8, 4) is 0 Å². The van der Waals surface area contributed by atoms with Crippen molar-refractivity contribution < 1.29 is 9.18 Å². The summed E-state index contributed by atoms with van der Waals surface area (Å²) in [4.78, 5) is 17.0. The normalized spacial score (nSPS) is 10.6. The zero-order valence-electron chi connectivity index (χ0n) is 11.6. The largest absolute Gasteiger partial charge is 0.302 e. The topological polar surface area (TPSA) is 42.0 Å². The van der Waals surface area contributed by atoms with Gasteiger partial charge in [-0.2, -0.15) is 0 Å². The van der Waals surface area contributed by atoms with Gasteiger partial charge in [-0.3, -0.25) is 4.79 Å². The molecule has 0 fully saturated rings. The molecule has 0 unspecified atom stereocenters.